The molecule has 0 radical (unpaired) electrons. The summed E-state index contributed by atoms with van der Waals surface area (Å²) in [5, 5.41) is 7.84. The van der Waals surface area contributed by atoms with Gasteiger partial charge in [0.1, 0.15) is 5.75 Å². The largest absolute Gasteiger partial charge is 0.481 e. The lowest BCUT2D eigenvalue weighted by molar-refractivity contribution is -0.137. The molecule has 0 rings (SSSR count). The Morgan fingerprint density at radius 3 is 2.24 bits per heavy atom. The Morgan fingerprint density at radius 1 is 1.29 bits per heavy atom. The molecule has 17 heavy (non-hydrogen) atoms. The van der Waals surface area contributed by atoms with E-state index in [1.54, 1.807) is 0 Å². The summed E-state index contributed by atoms with van der Waals surface area (Å²) in [6.45, 7) is 3.29. The topological polar surface area (TPSA) is 91.8 Å². The second-order valence-electron chi connectivity index (χ2n) is 4.17. The first kappa shape index (κ1) is 15.9. The van der Waals surface area contributed by atoms with Gasteiger partial charge in [0.15, 0.2) is 9.84 Å². The van der Waals surface area contributed by atoms with E-state index in [1.807, 2.05) is 0 Å². The van der Waals surface area contributed by atoms with E-state index in [0.29, 0.717) is 6.42 Å². The zero-order valence-electron chi connectivity index (χ0n) is 10.3. The average Bonchev–Trinajstić information content (AvgIpc) is 2.15. The number of carbonyl (C=O) groups excluding carboxylic acids is 1. The summed E-state index contributed by atoms with van der Waals surface area (Å²) in [5.41, 5.74) is 0. The lowest BCUT2D eigenvalue weighted by Crippen LogP contribution is -2.35. The third kappa shape index (κ3) is 6.25. The van der Waals surface area contributed by atoms with Crippen LogP contribution in [0.25, 0.3) is 0 Å². The van der Waals surface area contributed by atoms with E-state index < -0.39 is 32.7 Å². The van der Waals surface area contributed by atoms with Crippen LogP contribution in [0.1, 0.15) is 26.7 Å². The number of nitrogens with zero attached hydrogens (tertiary/aromatic N) is 1. The summed E-state index contributed by atoms with van der Waals surface area (Å²) in [5.74, 6) is -1.95. The maximum absolute atomic E-state index is 11.5. The van der Waals surface area contributed by atoms with Crippen molar-refractivity contribution in [3.63, 3.8) is 0 Å². The highest BCUT2D eigenvalue weighted by Crippen LogP contribution is 2.03. The molecule has 0 bridgehead atoms. The zero-order chi connectivity index (χ0) is 13.6. The Morgan fingerprint density at radius 2 is 1.82 bits per heavy atom. The predicted octanol–water partition coefficient (Wildman–Crippen LogP) is 0.133. The first-order chi connectivity index (χ1) is 7.66. The van der Waals surface area contributed by atoms with Gasteiger partial charge in [0.25, 0.3) is 0 Å². The highest BCUT2D eigenvalue weighted by atomic mass is 32.2. The molecule has 0 aromatic heterocycles. The molecule has 0 aromatic carbocycles. The molecule has 0 heterocycles. The Balaban J connectivity index is 4.20. The number of amides is 1. The molecule has 0 aliphatic heterocycles. The van der Waals surface area contributed by atoms with E-state index in [-0.39, 0.29) is 13.0 Å². The standard InChI is InChI=1S/C10H19NO5S/c1-8(2)17(15,16)7-9(12)11(3)6-4-5-10(13)14/h8H,4-7H2,1-3H3,(H,13,14). The number of carbonyl (C=O) groups is 2. The number of hydrogen-bond donors (Lipinski definition) is 1. The molecular formula is C10H19NO5S. The van der Waals surface area contributed by atoms with Gasteiger partial charge in [0.2, 0.25) is 5.91 Å². The number of carboxylic acid groups (broad SMARTS) is 1. The molecule has 0 unspecified atom stereocenters. The van der Waals surface area contributed by atoms with Crippen molar-refractivity contribution in [2.75, 3.05) is 19.3 Å². The van der Waals surface area contributed by atoms with Crippen LogP contribution in [0.4, 0.5) is 0 Å². The van der Waals surface area contributed by atoms with Gasteiger partial charge < -0.3 is 10.0 Å². The van der Waals surface area contributed by atoms with Crippen LogP contribution in [0.2, 0.25) is 0 Å². The van der Waals surface area contributed by atoms with Gasteiger partial charge in [0, 0.05) is 20.0 Å². The normalized spacial score (nSPS) is 11.5. The smallest absolute Gasteiger partial charge is 0.303 e. The fourth-order valence-electron chi connectivity index (χ4n) is 1.04. The van der Waals surface area contributed by atoms with Crippen molar-refractivity contribution in [1.82, 2.24) is 4.90 Å². The minimum atomic E-state index is -3.39. The van der Waals surface area contributed by atoms with Gasteiger partial charge in [-0.25, -0.2) is 8.42 Å². The van der Waals surface area contributed by atoms with E-state index in [4.69, 9.17) is 5.11 Å². The third-order valence-corrected chi connectivity index (χ3v) is 4.44. The van der Waals surface area contributed by atoms with Crippen molar-refractivity contribution in [2.24, 2.45) is 0 Å². The summed E-state index contributed by atoms with van der Waals surface area (Å²) in [6.07, 6.45) is 0.286. The number of hydrogen-bond acceptors (Lipinski definition) is 4. The predicted molar refractivity (Wildman–Crippen MR) is 63.4 cm³/mol. The molecule has 0 aliphatic carbocycles. The van der Waals surface area contributed by atoms with E-state index in [9.17, 15) is 18.0 Å². The SMILES string of the molecule is CC(C)S(=O)(=O)CC(=O)N(C)CCCC(=O)O. The second kappa shape index (κ2) is 6.58. The number of carboxylic acids is 1. The highest BCUT2D eigenvalue weighted by molar-refractivity contribution is 7.92. The van der Waals surface area contributed by atoms with Crippen LogP contribution in [-0.2, 0) is 19.4 Å². The summed E-state index contributed by atoms with van der Waals surface area (Å²) in [6, 6.07) is 0. The van der Waals surface area contributed by atoms with Crippen LogP contribution in [0, 0.1) is 0 Å². The molecule has 1 N–H and O–H groups in total. The quantitative estimate of drug-likeness (QED) is 0.706. The molecule has 7 heteroatoms. The van der Waals surface area contributed by atoms with Crippen molar-refractivity contribution < 1.29 is 23.1 Å². The van der Waals surface area contributed by atoms with Crippen LogP contribution in [0.5, 0.6) is 0 Å². The van der Waals surface area contributed by atoms with Gasteiger partial charge in [-0.3, -0.25) is 9.59 Å². The average molecular weight is 265 g/mol. The summed E-state index contributed by atoms with van der Waals surface area (Å²) in [4.78, 5) is 23.1. The van der Waals surface area contributed by atoms with Crippen molar-refractivity contribution in [1.29, 1.82) is 0 Å². The minimum absolute atomic E-state index is 0.0332. The van der Waals surface area contributed by atoms with E-state index in [2.05, 4.69) is 0 Å². The van der Waals surface area contributed by atoms with Crippen molar-refractivity contribution in [3.05, 3.63) is 0 Å². The lowest BCUT2D eigenvalue weighted by Gasteiger charge is -2.17. The Hall–Kier alpha value is -1.11. The van der Waals surface area contributed by atoms with E-state index in [0.717, 1.165) is 0 Å². The molecular weight excluding hydrogens is 246 g/mol. The fraction of sp³-hybridized carbons (Fsp3) is 0.800. The lowest BCUT2D eigenvalue weighted by atomic mass is 10.3. The molecule has 0 atom stereocenters. The van der Waals surface area contributed by atoms with E-state index >= 15 is 0 Å². The van der Waals surface area contributed by atoms with Crippen molar-refractivity contribution >= 4 is 21.7 Å². The fourth-order valence-corrected chi connectivity index (χ4v) is 1.94. The van der Waals surface area contributed by atoms with Gasteiger partial charge in [-0.05, 0) is 20.3 Å². The van der Waals surface area contributed by atoms with Gasteiger partial charge in [-0.1, -0.05) is 0 Å². The van der Waals surface area contributed by atoms with Gasteiger partial charge in [0.05, 0.1) is 5.25 Å². The number of sulfone groups is 1. The van der Waals surface area contributed by atoms with Gasteiger partial charge in [-0.2, -0.15) is 0 Å². The number of rotatable bonds is 7. The molecule has 100 valence electrons. The maximum Gasteiger partial charge on any atom is 0.303 e. The highest BCUT2D eigenvalue weighted by Gasteiger charge is 2.22. The van der Waals surface area contributed by atoms with Crippen molar-refractivity contribution in [2.45, 2.75) is 31.9 Å². The zero-order valence-corrected chi connectivity index (χ0v) is 11.2. The molecule has 0 saturated carbocycles. The van der Waals surface area contributed by atoms with Gasteiger partial charge in [-0.15, -0.1) is 0 Å². The van der Waals surface area contributed by atoms with Crippen LogP contribution in [-0.4, -0.2) is 54.9 Å². The number of aliphatic carboxylic acids is 1. The third-order valence-electron chi connectivity index (χ3n) is 2.35. The molecule has 0 aliphatic rings. The van der Waals surface area contributed by atoms with Crippen LogP contribution in [0.15, 0.2) is 0 Å². The second-order valence-corrected chi connectivity index (χ2v) is 6.73. The molecule has 1 amide bonds. The first-order valence-electron chi connectivity index (χ1n) is 5.34. The summed E-state index contributed by atoms with van der Waals surface area (Å²) < 4.78 is 23.0. The molecule has 0 spiro atoms. The molecule has 0 aromatic rings. The van der Waals surface area contributed by atoms with Crippen LogP contribution < -0.4 is 0 Å². The summed E-state index contributed by atoms with van der Waals surface area (Å²) in [7, 11) is -1.92. The Labute approximate surface area is 102 Å². The monoisotopic (exact) mass is 265 g/mol. The summed E-state index contributed by atoms with van der Waals surface area (Å²) >= 11 is 0. The molecule has 0 fully saturated rings. The van der Waals surface area contributed by atoms with Gasteiger partial charge >= 0.3 is 5.97 Å². The van der Waals surface area contributed by atoms with E-state index in [1.165, 1.54) is 25.8 Å². The Kier molecular flexibility index (Phi) is 6.15. The van der Waals surface area contributed by atoms with Crippen LogP contribution >= 0.6 is 0 Å². The maximum atomic E-state index is 11.5. The molecule has 6 nitrogen and oxygen atoms in total. The minimum Gasteiger partial charge on any atom is -0.481 e. The van der Waals surface area contributed by atoms with Crippen LogP contribution in [0.3, 0.4) is 0 Å². The van der Waals surface area contributed by atoms with Crippen molar-refractivity contribution in [3.8, 4) is 0 Å². The Bertz CT molecular complexity index is 374. The molecule has 0 saturated heterocycles. The first-order valence-corrected chi connectivity index (χ1v) is 7.05.